The molecular weight excluding hydrogens is 494 g/mol. The highest BCUT2D eigenvalue weighted by molar-refractivity contribution is 6.24. The molecule has 0 saturated heterocycles. The molecule has 1 aliphatic heterocycles. The van der Waals surface area contributed by atoms with Crippen LogP contribution in [-0.4, -0.2) is 16.4 Å². The van der Waals surface area contributed by atoms with Crippen LogP contribution in [0.1, 0.15) is 22.9 Å². The normalized spacial score (nSPS) is 15.4. The monoisotopic (exact) mass is 516 g/mol. The van der Waals surface area contributed by atoms with Crippen LogP contribution in [0.25, 0.3) is 43.7 Å². The molecule has 6 heteroatoms. The van der Waals surface area contributed by atoms with Crippen molar-refractivity contribution < 1.29 is 9.73 Å². The van der Waals surface area contributed by atoms with Crippen LogP contribution < -0.4 is 5.32 Å². The standard InChI is InChI=1S/C34H21N5O/c35-20-21-9-8-12-23(19-21)33-36-32(22-10-2-1-3-11-22)37-34(38-33)39-28-15-6-4-13-24(28)26-17-18-27-25-14-5-7-16-29(25)40-31(27)30(26)39/h1-19,32H,(H,36,37,38)/p+1. The number of fused-ring (bicyclic) bond motifs is 7. The summed E-state index contributed by atoms with van der Waals surface area (Å²) in [5.74, 6) is 1.35. The summed E-state index contributed by atoms with van der Waals surface area (Å²) < 4.78 is 8.64. The highest BCUT2D eigenvalue weighted by atomic mass is 16.3. The quantitative estimate of drug-likeness (QED) is 0.285. The molecule has 0 saturated carbocycles. The summed E-state index contributed by atoms with van der Waals surface area (Å²) in [6.45, 7) is 0. The molecule has 1 aliphatic rings. The minimum atomic E-state index is -0.250. The van der Waals surface area contributed by atoms with E-state index in [1.165, 1.54) is 0 Å². The molecule has 2 N–H and O–H groups in total. The molecule has 0 radical (unpaired) electrons. The van der Waals surface area contributed by atoms with Crippen molar-refractivity contribution in [1.29, 1.82) is 5.26 Å². The van der Waals surface area contributed by atoms with Crippen LogP contribution in [0.4, 0.5) is 0 Å². The fraction of sp³-hybridized carbons (Fsp3) is 0.0294. The Morgan fingerprint density at radius 2 is 1.52 bits per heavy atom. The average Bonchev–Trinajstić information content (AvgIpc) is 3.57. The summed E-state index contributed by atoms with van der Waals surface area (Å²) in [4.78, 5) is 10.3. The van der Waals surface area contributed by atoms with E-state index in [0.717, 1.165) is 60.7 Å². The topological polar surface area (TPSA) is 83.2 Å². The number of furan rings is 1. The Bertz CT molecular complexity index is 2210. The van der Waals surface area contributed by atoms with E-state index in [9.17, 15) is 5.26 Å². The highest BCUT2D eigenvalue weighted by Gasteiger charge is 2.28. The Balaban J connectivity index is 1.46. The van der Waals surface area contributed by atoms with Crippen LogP contribution in [0.15, 0.2) is 130 Å². The van der Waals surface area contributed by atoms with Crippen molar-refractivity contribution in [3.8, 4) is 6.07 Å². The van der Waals surface area contributed by atoms with Crippen molar-refractivity contribution >= 4 is 55.5 Å². The Labute approximate surface area is 229 Å². The van der Waals surface area contributed by atoms with E-state index in [-0.39, 0.29) is 6.17 Å². The van der Waals surface area contributed by atoms with Gasteiger partial charge in [-0.05, 0) is 36.4 Å². The van der Waals surface area contributed by atoms with Gasteiger partial charge in [-0.25, -0.2) is 0 Å². The van der Waals surface area contributed by atoms with Gasteiger partial charge in [-0.2, -0.15) is 15.2 Å². The van der Waals surface area contributed by atoms with Gasteiger partial charge in [0.2, 0.25) is 18.0 Å². The van der Waals surface area contributed by atoms with Crippen molar-refractivity contribution in [1.82, 2.24) is 4.57 Å². The number of benzene rings is 5. The number of aliphatic imine (C=N–C) groups is 2. The van der Waals surface area contributed by atoms with Gasteiger partial charge in [-0.1, -0.05) is 78.9 Å². The molecule has 1 atom stereocenters. The molecule has 2 aromatic heterocycles. The summed E-state index contributed by atoms with van der Waals surface area (Å²) >= 11 is 0. The third-order valence-electron chi connectivity index (χ3n) is 7.60. The lowest BCUT2D eigenvalue weighted by atomic mass is 10.1. The lowest BCUT2D eigenvalue weighted by Gasteiger charge is -2.20. The summed E-state index contributed by atoms with van der Waals surface area (Å²) in [7, 11) is 0. The maximum absolute atomic E-state index is 9.55. The molecule has 0 bridgehead atoms. The number of amidine groups is 1. The Morgan fingerprint density at radius 1 is 0.750 bits per heavy atom. The number of aromatic nitrogens is 1. The van der Waals surface area contributed by atoms with Crippen LogP contribution in [0.3, 0.4) is 0 Å². The minimum Gasteiger partial charge on any atom is -0.454 e. The molecule has 5 aromatic carbocycles. The van der Waals surface area contributed by atoms with Gasteiger partial charge < -0.3 is 4.42 Å². The molecule has 0 fully saturated rings. The first-order valence-corrected chi connectivity index (χ1v) is 13.2. The fourth-order valence-corrected chi connectivity index (χ4v) is 5.76. The van der Waals surface area contributed by atoms with Gasteiger partial charge in [0.05, 0.1) is 22.7 Å². The van der Waals surface area contributed by atoms with E-state index in [4.69, 9.17) is 14.4 Å². The second kappa shape index (κ2) is 8.77. The number of quaternary nitrogens is 1. The second-order valence-electron chi connectivity index (χ2n) is 9.93. The van der Waals surface area contributed by atoms with E-state index < -0.39 is 0 Å². The SMILES string of the molecule is N#Cc1cccc(C2=NC(n3c4ccccc4c4ccc5c6ccccc6oc5c43)=NC(c3ccccc3)[NH2+]2)c1. The molecule has 6 nitrogen and oxygen atoms in total. The molecule has 40 heavy (non-hydrogen) atoms. The van der Waals surface area contributed by atoms with Gasteiger partial charge in [0, 0.05) is 27.1 Å². The molecular formula is C34H22N5O+. The van der Waals surface area contributed by atoms with Gasteiger partial charge in [0.15, 0.2) is 5.58 Å². The zero-order valence-corrected chi connectivity index (χ0v) is 21.3. The molecule has 0 aliphatic carbocycles. The largest absolute Gasteiger partial charge is 0.454 e. The first-order chi connectivity index (χ1) is 19.8. The smallest absolute Gasteiger partial charge is 0.240 e. The van der Waals surface area contributed by atoms with Crippen molar-refractivity contribution in [2.45, 2.75) is 6.17 Å². The van der Waals surface area contributed by atoms with E-state index >= 15 is 0 Å². The average molecular weight is 517 g/mol. The molecule has 3 heterocycles. The molecule has 1 unspecified atom stereocenters. The molecule has 0 amide bonds. The van der Waals surface area contributed by atoms with Crippen molar-refractivity contribution in [2.24, 2.45) is 9.98 Å². The van der Waals surface area contributed by atoms with Crippen molar-refractivity contribution in [3.05, 3.63) is 132 Å². The van der Waals surface area contributed by atoms with Gasteiger partial charge in [-0.15, -0.1) is 0 Å². The maximum atomic E-state index is 9.55. The van der Waals surface area contributed by atoms with Gasteiger partial charge in [0.25, 0.3) is 0 Å². The Hall–Kier alpha value is -5.51. The van der Waals surface area contributed by atoms with Crippen LogP contribution in [0.2, 0.25) is 0 Å². The minimum absolute atomic E-state index is 0.250. The zero-order valence-electron chi connectivity index (χ0n) is 21.3. The number of rotatable bonds is 2. The van der Waals surface area contributed by atoms with Crippen LogP contribution >= 0.6 is 0 Å². The molecule has 0 spiro atoms. The van der Waals surface area contributed by atoms with Crippen LogP contribution in [0, 0.1) is 11.3 Å². The molecule has 7 aromatic rings. The van der Waals surface area contributed by atoms with E-state index in [1.807, 2.05) is 66.7 Å². The summed E-state index contributed by atoms with van der Waals surface area (Å²) in [6.07, 6.45) is -0.250. The van der Waals surface area contributed by atoms with Crippen LogP contribution in [0.5, 0.6) is 0 Å². The lowest BCUT2D eigenvalue weighted by Crippen LogP contribution is -2.90. The number of nitrogens with two attached hydrogens (primary N) is 1. The number of nitrogens with zero attached hydrogens (tertiary/aromatic N) is 4. The van der Waals surface area contributed by atoms with Crippen LogP contribution in [-0.2, 0) is 0 Å². The Kier molecular flexibility index (Phi) is 4.93. The second-order valence-corrected chi connectivity index (χ2v) is 9.93. The number of hydrogen-bond acceptors (Lipinski definition) is 4. The summed E-state index contributed by atoms with van der Waals surface area (Å²) in [5, 5.41) is 15.9. The maximum Gasteiger partial charge on any atom is 0.240 e. The number of para-hydroxylation sites is 2. The van der Waals surface area contributed by atoms with Gasteiger partial charge in [-0.3, -0.25) is 9.88 Å². The first kappa shape index (κ1) is 22.5. The third kappa shape index (κ3) is 3.39. The zero-order chi connectivity index (χ0) is 26.6. The van der Waals surface area contributed by atoms with Crippen molar-refractivity contribution in [2.75, 3.05) is 0 Å². The predicted octanol–water partition coefficient (Wildman–Crippen LogP) is 6.49. The lowest BCUT2D eigenvalue weighted by molar-refractivity contribution is -0.586. The van der Waals surface area contributed by atoms with E-state index in [1.54, 1.807) is 0 Å². The first-order valence-electron chi connectivity index (χ1n) is 13.2. The highest BCUT2D eigenvalue weighted by Crippen LogP contribution is 2.39. The van der Waals surface area contributed by atoms with Crippen molar-refractivity contribution in [3.63, 3.8) is 0 Å². The predicted molar refractivity (Wildman–Crippen MR) is 158 cm³/mol. The third-order valence-corrected chi connectivity index (χ3v) is 7.60. The summed E-state index contributed by atoms with van der Waals surface area (Å²) in [6, 6.07) is 40.8. The number of nitriles is 1. The van der Waals surface area contributed by atoms with Gasteiger partial charge in [0.1, 0.15) is 11.1 Å². The van der Waals surface area contributed by atoms with Gasteiger partial charge >= 0.3 is 0 Å². The fourth-order valence-electron chi connectivity index (χ4n) is 5.76. The molecule has 8 rings (SSSR count). The van der Waals surface area contributed by atoms with E-state index in [0.29, 0.717) is 11.5 Å². The number of hydrogen-bond donors (Lipinski definition) is 1. The summed E-state index contributed by atoms with van der Waals surface area (Å²) in [5.41, 5.74) is 6.14. The van der Waals surface area contributed by atoms with E-state index in [2.05, 4.69) is 64.5 Å². The Morgan fingerprint density at radius 3 is 2.40 bits per heavy atom. The molecule has 188 valence electrons.